The molecule has 4 heteroatoms. The lowest BCUT2D eigenvalue weighted by Crippen LogP contribution is -2.20. The van der Waals surface area contributed by atoms with Gasteiger partial charge >= 0.3 is 6.18 Å². The highest BCUT2D eigenvalue weighted by atomic mass is 19.4. The van der Waals surface area contributed by atoms with Crippen LogP contribution < -0.4 is 0 Å². The lowest BCUT2D eigenvalue weighted by Gasteiger charge is -2.31. The molecule has 2 aromatic carbocycles. The number of halogens is 4. The first kappa shape index (κ1) is 19.2. The van der Waals surface area contributed by atoms with Crippen LogP contribution in [0, 0.1) is 11.7 Å². The Hall–Kier alpha value is -2.10. The summed E-state index contributed by atoms with van der Waals surface area (Å²) in [5, 5.41) is 0. The maximum Gasteiger partial charge on any atom is 0.419 e. The molecular weight excluding hydrogens is 364 g/mol. The van der Waals surface area contributed by atoms with Gasteiger partial charge in [-0.25, -0.2) is 4.39 Å². The summed E-state index contributed by atoms with van der Waals surface area (Å²) in [4.78, 5) is 0. The smallest absolute Gasteiger partial charge is 0.206 e. The van der Waals surface area contributed by atoms with Gasteiger partial charge in [0.25, 0.3) is 0 Å². The Morgan fingerprint density at radius 3 is 2.25 bits per heavy atom. The molecule has 28 heavy (non-hydrogen) atoms. The molecule has 0 radical (unpaired) electrons. The van der Waals surface area contributed by atoms with E-state index in [2.05, 4.69) is 31.2 Å². The van der Waals surface area contributed by atoms with E-state index in [0.29, 0.717) is 11.5 Å². The zero-order valence-electron chi connectivity index (χ0n) is 16.0. The van der Waals surface area contributed by atoms with Gasteiger partial charge in [-0.3, -0.25) is 0 Å². The van der Waals surface area contributed by atoms with Crippen LogP contribution >= 0.6 is 0 Å². The van der Waals surface area contributed by atoms with Gasteiger partial charge in [0.1, 0.15) is 5.82 Å². The van der Waals surface area contributed by atoms with Gasteiger partial charge in [0.05, 0.1) is 5.56 Å². The SMILES string of the molecule is CC=CC1CCc2c(ccc3c2CCC(c2ccc(C(F)(F)F)c(F)c2)C3)C1. The average molecular weight is 388 g/mol. The topological polar surface area (TPSA) is 0 Å². The summed E-state index contributed by atoms with van der Waals surface area (Å²) in [7, 11) is 0. The molecule has 0 heterocycles. The molecule has 0 spiro atoms. The molecule has 2 aliphatic carbocycles. The lowest BCUT2D eigenvalue weighted by atomic mass is 9.74. The first-order valence-corrected chi connectivity index (χ1v) is 9.98. The van der Waals surface area contributed by atoms with Crippen molar-refractivity contribution in [3.05, 3.63) is 81.7 Å². The van der Waals surface area contributed by atoms with Gasteiger partial charge in [-0.05, 0) is 97.2 Å². The fraction of sp³-hybridized carbons (Fsp3) is 0.417. The minimum absolute atomic E-state index is 0.0710. The highest BCUT2D eigenvalue weighted by Crippen LogP contribution is 2.40. The third-order valence-corrected chi connectivity index (χ3v) is 6.32. The normalized spacial score (nSPS) is 22.2. The van der Waals surface area contributed by atoms with Crippen LogP contribution in [-0.2, 0) is 31.9 Å². The van der Waals surface area contributed by atoms with Crippen LogP contribution in [0.25, 0.3) is 0 Å². The first-order valence-electron chi connectivity index (χ1n) is 9.98. The number of benzene rings is 2. The Kier molecular flexibility index (Phi) is 5.07. The zero-order chi connectivity index (χ0) is 19.9. The van der Waals surface area contributed by atoms with Crippen LogP contribution in [0.3, 0.4) is 0 Å². The predicted molar refractivity (Wildman–Crippen MR) is 103 cm³/mol. The molecular formula is C24H24F4. The summed E-state index contributed by atoms with van der Waals surface area (Å²) >= 11 is 0. The third-order valence-electron chi connectivity index (χ3n) is 6.32. The summed E-state index contributed by atoms with van der Waals surface area (Å²) in [5.74, 6) is -0.486. The van der Waals surface area contributed by atoms with Gasteiger partial charge in [0, 0.05) is 0 Å². The number of rotatable bonds is 2. The molecule has 0 fully saturated rings. The van der Waals surface area contributed by atoms with E-state index in [1.54, 1.807) is 0 Å². The lowest BCUT2D eigenvalue weighted by molar-refractivity contribution is -0.140. The van der Waals surface area contributed by atoms with Crippen molar-refractivity contribution in [3.63, 3.8) is 0 Å². The Bertz CT molecular complexity index is 908. The van der Waals surface area contributed by atoms with Crippen LogP contribution in [0.4, 0.5) is 17.6 Å². The van der Waals surface area contributed by atoms with E-state index in [9.17, 15) is 17.6 Å². The maximum absolute atomic E-state index is 14.0. The van der Waals surface area contributed by atoms with Crippen molar-refractivity contribution in [2.45, 2.75) is 57.5 Å². The molecule has 0 N–H and O–H groups in total. The van der Waals surface area contributed by atoms with E-state index < -0.39 is 17.6 Å². The highest BCUT2D eigenvalue weighted by molar-refractivity contribution is 5.46. The zero-order valence-corrected chi connectivity index (χ0v) is 16.0. The van der Waals surface area contributed by atoms with Gasteiger partial charge in [0.2, 0.25) is 0 Å². The van der Waals surface area contributed by atoms with E-state index in [0.717, 1.165) is 44.2 Å². The largest absolute Gasteiger partial charge is 0.419 e. The van der Waals surface area contributed by atoms with Gasteiger partial charge in [0.15, 0.2) is 0 Å². The number of hydrogen-bond donors (Lipinski definition) is 0. The van der Waals surface area contributed by atoms with Crippen molar-refractivity contribution in [3.8, 4) is 0 Å². The van der Waals surface area contributed by atoms with Crippen molar-refractivity contribution in [1.29, 1.82) is 0 Å². The minimum Gasteiger partial charge on any atom is -0.206 e. The highest BCUT2D eigenvalue weighted by Gasteiger charge is 2.34. The fourth-order valence-corrected chi connectivity index (χ4v) is 4.93. The first-order chi connectivity index (χ1) is 13.4. The second-order valence-corrected chi connectivity index (χ2v) is 8.05. The fourth-order valence-electron chi connectivity index (χ4n) is 4.93. The monoisotopic (exact) mass is 388 g/mol. The van der Waals surface area contributed by atoms with Gasteiger partial charge in [-0.15, -0.1) is 0 Å². The molecule has 0 saturated heterocycles. The molecule has 4 rings (SSSR count). The molecule has 0 aliphatic heterocycles. The van der Waals surface area contributed by atoms with E-state index >= 15 is 0 Å². The van der Waals surface area contributed by atoms with Crippen molar-refractivity contribution < 1.29 is 17.6 Å². The summed E-state index contributed by atoms with van der Waals surface area (Å²) in [6.45, 7) is 2.06. The Morgan fingerprint density at radius 1 is 0.929 bits per heavy atom. The minimum atomic E-state index is -4.65. The number of hydrogen-bond acceptors (Lipinski definition) is 0. The van der Waals surface area contributed by atoms with Crippen LogP contribution in [0.1, 0.15) is 59.1 Å². The molecule has 0 aromatic heterocycles. The van der Waals surface area contributed by atoms with E-state index in [-0.39, 0.29) is 5.92 Å². The Balaban J connectivity index is 1.57. The second-order valence-electron chi connectivity index (χ2n) is 8.05. The van der Waals surface area contributed by atoms with E-state index in [1.165, 1.54) is 34.7 Å². The maximum atomic E-state index is 14.0. The third kappa shape index (κ3) is 3.61. The quantitative estimate of drug-likeness (QED) is 0.392. The summed E-state index contributed by atoms with van der Waals surface area (Å²) in [6.07, 6.45) is 5.65. The van der Waals surface area contributed by atoms with Crippen molar-refractivity contribution in [2.75, 3.05) is 0 Å². The molecule has 0 amide bonds. The van der Waals surface area contributed by atoms with Crippen molar-refractivity contribution in [1.82, 2.24) is 0 Å². The molecule has 2 aromatic rings. The molecule has 0 saturated carbocycles. The molecule has 2 unspecified atom stereocenters. The van der Waals surface area contributed by atoms with Gasteiger partial charge in [-0.1, -0.05) is 30.4 Å². The van der Waals surface area contributed by atoms with Crippen LogP contribution in [-0.4, -0.2) is 0 Å². The van der Waals surface area contributed by atoms with Crippen molar-refractivity contribution >= 4 is 0 Å². The average Bonchev–Trinajstić information content (AvgIpc) is 2.66. The second kappa shape index (κ2) is 7.38. The Labute approximate surface area is 163 Å². The predicted octanol–water partition coefficient (Wildman–Crippen LogP) is 6.80. The molecule has 2 atom stereocenters. The van der Waals surface area contributed by atoms with Crippen molar-refractivity contribution in [2.24, 2.45) is 5.92 Å². The summed E-state index contributed by atoms with van der Waals surface area (Å²) in [5.41, 5.74) is 5.11. The number of alkyl halides is 3. The van der Waals surface area contributed by atoms with Crippen LogP contribution in [0.5, 0.6) is 0 Å². The molecule has 148 valence electrons. The molecule has 2 aliphatic rings. The van der Waals surface area contributed by atoms with Crippen LogP contribution in [0.2, 0.25) is 0 Å². The van der Waals surface area contributed by atoms with Crippen LogP contribution in [0.15, 0.2) is 42.5 Å². The summed E-state index contributed by atoms with van der Waals surface area (Å²) < 4.78 is 52.4. The van der Waals surface area contributed by atoms with E-state index in [4.69, 9.17) is 0 Å². The summed E-state index contributed by atoms with van der Waals surface area (Å²) in [6, 6.07) is 7.81. The van der Waals surface area contributed by atoms with E-state index in [1.807, 2.05) is 0 Å². The Morgan fingerprint density at radius 2 is 1.61 bits per heavy atom. The van der Waals surface area contributed by atoms with Gasteiger partial charge < -0.3 is 0 Å². The number of allylic oxidation sites excluding steroid dienone is 2. The molecule has 0 nitrogen and oxygen atoms in total. The number of fused-ring (bicyclic) bond motifs is 3. The standard InChI is InChI=1S/C24H24F4/c1-2-3-15-4-9-20-18(12-15)5-6-19-13-16(7-10-21(19)20)17-8-11-22(23(25)14-17)24(26,27)28/h2-3,5-6,8,11,14-16H,4,7,9-10,12-13H2,1H3. The molecule has 0 bridgehead atoms. The van der Waals surface area contributed by atoms with Gasteiger partial charge in [-0.2, -0.15) is 13.2 Å².